The van der Waals surface area contributed by atoms with E-state index in [0.717, 1.165) is 22.9 Å². The van der Waals surface area contributed by atoms with Gasteiger partial charge in [0.05, 0.1) is 11.4 Å². The summed E-state index contributed by atoms with van der Waals surface area (Å²) in [5.74, 6) is 1.70. The average molecular weight is 437 g/mol. The Morgan fingerprint density at radius 2 is 1.44 bits per heavy atom. The van der Waals surface area contributed by atoms with Crippen molar-refractivity contribution in [3.8, 4) is 22.3 Å². The minimum absolute atomic E-state index is 0.341. The number of para-hydroxylation sites is 1. The first-order chi connectivity index (χ1) is 16.8. The Bertz CT molecular complexity index is 1540. The number of hydrogen-bond donors (Lipinski definition) is 0. The van der Waals surface area contributed by atoms with Crippen molar-refractivity contribution in [3.63, 3.8) is 0 Å². The van der Waals surface area contributed by atoms with Crippen LogP contribution < -0.4 is 4.90 Å². The quantitative estimate of drug-likeness (QED) is 0.278. The van der Waals surface area contributed by atoms with Crippen LogP contribution in [0.4, 0.5) is 11.4 Å². The normalized spacial score (nSPS) is 19.4. The van der Waals surface area contributed by atoms with Crippen molar-refractivity contribution in [3.05, 3.63) is 121 Å². The molecule has 34 heavy (non-hydrogen) atoms. The molecule has 4 aromatic carbocycles. The van der Waals surface area contributed by atoms with Gasteiger partial charge in [-0.25, -0.2) is 4.99 Å². The maximum absolute atomic E-state index is 5.18. The highest BCUT2D eigenvalue weighted by Gasteiger charge is 2.29. The second-order valence-corrected chi connectivity index (χ2v) is 9.27. The maximum Gasteiger partial charge on any atom is 0.134 e. The van der Waals surface area contributed by atoms with Gasteiger partial charge >= 0.3 is 0 Å². The van der Waals surface area contributed by atoms with Gasteiger partial charge in [0.2, 0.25) is 0 Å². The van der Waals surface area contributed by atoms with Gasteiger partial charge in [-0.2, -0.15) is 0 Å². The van der Waals surface area contributed by atoms with Crippen LogP contribution >= 0.6 is 0 Å². The number of fused-ring (bicyclic) bond motifs is 4. The summed E-state index contributed by atoms with van der Waals surface area (Å²) in [6.45, 7) is 2.29. The van der Waals surface area contributed by atoms with E-state index in [0.29, 0.717) is 11.8 Å². The number of benzene rings is 4. The molecule has 2 nitrogen and oxygen atoms in total. The van der Waals surface area contributed by atoms with Crippen LogP contribution in [0.2, 0.25) is 0 Å². The highest BCUT2D eigenvalue weighted by molar-refractivity contribution is 6.18. The maximum atomic E-state index is 5.18. The Morgan fingerprint density at radius 3 is 2.26 bits per heavy atom. The summed E-state index contributed by atoms with van der Waals surface area (Å²) in [4.78, 5) is 7.51. The molecule has 162 valence electrons. The van der Waals surface area contributed by atoms with Crippen LogP contribution in [0.3, 0.4) is 0 Å². The monoisotopic (exact) mass is 436 g/mol. The first kappa shape index (κ1) is 19.3. The molecule has 2 atom stereocenters. The molecule has 2 heteroatoms. The third-order valence-electron chi connectivity index (χ3n) is 7.27. The molecule has 2 aliphatic carbocycles. The standard InChI is InChI=1S/C32H24N2/c1-21-20-31(33-29-17-8-7-12-23(21)29)34(22-10-3-2-4-11-22)30-19-18-27-25-14-6-5-13-24(25)26-15-9-16-28(30)32(26)27/h2-21,23H,1H3. The van der Waals surface area contributed by atoms with Crippen molar-refractivity contribution in [2.75, 3.05) is 4.90 Å². The van der Waals surface area contributed by atoms with Gasteiger partial charge in [-0.1, -0.05) is 91.9 Å². The average Bonchev–Trinajstić information content (AvgIpc) is 3.22. The first-order valence-corrected chi connectivity index (χ1v) is 12.0. The predicted octanol–water partition coefficient (Wildman–Crippen LogP) is 8.30. The van der Waals surface area contributed by atoms with Gasteiger partial charge in [-0.05, 0) is 63.9 Å². The molecule has 0 saturated heterocycles. The minimum atomic E-state index is 0.341. The summed E-state index contributed by atoms with van der Waals surface area (Å²) in [7, 11) is 0. The highest BCUT2D eigenvalue weighted by Crippen LogP contribution is 2.50. The van der Waals surface area contributed by atoms with Crippen LogP contribution in [0.5, 0.6) is 0 Å². The number of aliphatic imine (C=N–C) groups is 1. The van der Waals surface area contributed by atoms with Gasteiger partial charge in [0, 0.05) is 17.0 Å². The Morgan fingerprint density at radius 1 is 0.706 bits per heavy atom. The Labute approximate surface area is 199 Å². The van der Waals surface area contributed by atoms with Gasteiger partial charge < -0.3 is 0 Å². The van der Waals surface area contributed by atoms with Gasteiger partial charge in [-0.15, -0.1) is 0 Å². The van der Waals surface area contributed by atoms with E-state index in [9.17, 15) is 0 Å². The zero-order chi connectivity index (χ0) is 22.6. The van der Waals surface area contributed by atoms with Gasteiger partial charge in [-0.3, -0.25) is 4.90 Å². The van der Waals surface area contributed by atoms with E-state index in [-0.39, 0.29) is 0 Å². The summed E-state index contributed by atoms with van der Waals surface area (Å²) in [5.41, 5.74) is 8.68. The van der Waals surface area contributed by atoms with Crippen LogP contribution in [0, 0.1) is 11.8 Å². The van der Waals surface area contributed by atoms with Gasteiger partial charge in [0.25, 0.3) is 0 Å². The van der Waals surface area contributed by atoms with E-state index in [1.54, 1.807) is 0 Å². The predicted molar refractivity (Wildman–Crippen MR) is 143 cm³/mol. The highest BCUT2D eigenvalue weighted by atomic mass is 15.2. The lowest BCUT2D eigenvalue weighted by Crippen LogP contribution is -2.27. The fourth-order valence-electron chi connectivity index (χ4n) is 5.70. The molecule has 4 aromatic rings. The van der Waals surface area contributed by atoms with Crippen LogP contribution in [-0.2, 0) is 0 Å². The second-order valence-electron chi connectivity index (χ2n) is 9.27. The fraction of sp³-hybridized carbons (Fsp3) is 0.0938. The lowest BCUT2D eigenvalue weighted by atomic mass is 9.84. The zero-order valence-corrected chi connectivity index (χ0v) is 19.0. The van der Waals surface area contributed by atoms with Crippen LogP contribution in [-0.4, -0.2) is 5.71 Å². The van der Waals surface area contributed by atoms with E-state index in [1.165, 1.54) is 33.0 Å². The number of hydrogen-bond acceptors (Lipinski definition) is 2. The number of anilines is 2. The van der Waals surface area contributed by atoms with Crippen molar-refractivity contribution in [1.29, 1.82) is 0 Å². The lowest BCUT2D eigenvalue weighted by molar-refractivity contribution is 0.623. The van der Waals surface area contributed by atoms with E-state index >= 15 is 0 Å². The molecular formula is C32H24N2. The Hall–Kier alpha value is -4.17. The molecule has 7 rings (SSSR count). The van der Waals surface area contributed by atoms with Crippen molar-refractivity contribution in [2.45, 2.75) is 6.92 Å². The summed E-state index contributed by atoms with van der Waals surface area (Å²) in [5, 5.41) is 2.59. The molecule has 0 spiro atoms. The van der Waals surface area contributed by atoms with E-state index in [1.807, 2.05) is 0 Å². The zero-order valence-electron chi connectivity index (χ0n) is 19.0. The molecule has 0 fully saturated rings. The fourth-order valence-corrected chi connectivity index (χ4v) is 5.70. The van der Waals surface area contributed by atoms with Gasteiger partial charge in [0.1, 0.15) is 5.82 Å². The summed E-state index contributed by atoms with van der Waals surface area (Å²) in [6, 6.07) is 30.6. The SMILES string of the molecule is CC1C=C(N(c2ccccc2)c2ccc3c4c(cccc24)-c2ccccc2-3)N=C2C=CC=CC21. The largest absolute Gasteiger partial charge is 0.295 e. The molecule has 0 bridgehead atoms. The first-order valence-electron chi connectivity index (χ1n) is 12.0. The third kappa shape index (κ3) is 2.78. The van der Waals surface area contributed by atoms with Crippen LogP contribution in [0.15, 0.2) is 126 Å². The number of nitrogens with zero attached hydrogens (tertiary/aromatic N) is 2. The molecule has 0 saturated carbocycles. The smallest absolute Gasteiger partial charge is 0.134 e. The molecular weight excluding hydrogens is 412 g/mol. The lowest BCUT2D eigenvalue weighted by Gasteiger charge is -2.33. The van der Waals surface area contributed by atoms with Crippen LogP contribution in [0.25, 0.3) is 33.0 Å². The van der Waals surface area contributed by atoms with Crippen molar-refractivity contribution >= 4 is 27.9 Å². The number of rotatable bonds is 3. The third-order valence-corrected chi connectivity index (χ3v) is 7.27. The number of allylic oxidation sites excluding steroid dienone is 5. The van der Waals surface area contributed by atoms with E-state index < -0.39 is 0 Å². The molecule has 2 unspecified atom stereocenters. The molecule has 1 aliphatic heterocycles. The minimum Gasteiger partial charge on any atom is -0.295 e. The molecule has 0 aromatic heterocycles. The van der Waals surface area contributed by atoms with Crippen molar-refractivity contribution in [2.24, 2.45) is 16.8 Å². The molecule has 3 aliphatic rings. The molecule has 0 N–H and O–H groups in total. The Kier molecular flexibility index (Phi) is 4.22. The summed E-state index contributed by atoms with van der Waals surface area (Å²) >= 11 is 0. The van der Waals surface area contributed by atoms with E-state index in [2.05, 4.69) is 127 Å². The second kappa shape index (κ2) is 7.43. The van der Waals surface area contributed by atoms with Crippen molar-refractivity contribution < 1.29 is 0 Å². The summed E-state index contributed by atoms with van der Waals surface area (Å²) in [6.07, 6.45) is 11.0. The van der Waals surface area contributed by atoms with E-state index in [4.69, 9.17) is 4.99 Å². The molecule has 0 amide bonds. The topological polar surface area (TPSA) is 15.6 Å². The molecule has 0 radical (unpaired) electrons. The van der Waals surface area contributed by atoms with Gasteiger partial charge in [0.15, 0.2) is 0 Å². The summed E-state index contributed by atoms with van der Waals surface area (Å²) < 4.78 is 0. The van der Waals surface area contributed by atoms with Crippen molar-refractivity contribution in [1.82, 2.24) is 0 Å². The molecule has 1 heterocycles. The Balaban J connectivity index is 1.48. The van der Waals surface area contributed by atoms with Crippen LogP contribution in [0.1, 0.15) is 6.92 Å².